The number of carbonyl (C=O) groups is 2. The number of aromatic nitrogens is 5. The summed E-state index contributed by atoms with van der Waals surface area (Å²) in [6.07, 6.45) is 10.1. The Morgan fingerprint density at radius 2 is 2.00 bits per heavy atom. The van der Waals surface area contributed by atoms with E-state index in [1.165, 1.54) is 24.2 Å². The molecule has 0 radical (unpaired) electrons. The van der Waals surface area contributed by atoms with Crippen LogP contribution < -0.4 is 5.32 Å². The average molecular weight is 488 g/mol. The van der Waals surface area contributed by atoms with Gasteiger partial charge >= 0.3 is 0 Å². The number of fused-ring (bicyclic) bond motifs is 1. The van der Waals surface area contributed by atoms with Gasteiger partial charge in [-0.15, -0.1) is 11.3 Å². The first-order valence-electron chi connectivity index (χ1n) is 11.8. The second kappa shape index (κ2) is 9.10. The molecule has 6 rings (SSSR count). The van der Waals surface area contributed by atoms with Gasteiger partial charge in [-0.3, -0.25) is 14.3 Å². The van der Waals surface area contributed by atoms with E-state index in [1.54, 1.807) is 18.7 Å². The molecule has 0 atom stereocenters. The number of benzene rings is 1. The summed E-state index contributed by atoms with van der Waals surface area (Å²) in [5, 5.41) is 10.4. The maximum Gasteiger partial charge on any atom is 0.272 e. The number of hydrogen-bond acceptors (Lipinski definition) is 6. The van der Waals surface area contributed by atoms with Gasteiger partial charge in [0.05, 0.1) is 19.4 Å². The fourth-order valence-electron chi connectivity index (χ4n) is 4.49. The molecule has 4 heterocycles. The molecule has 0 spiro atoms. The molecule has 3 aromatic heterocycles. The van der Waals surface area contributed by atoms with Gasteiger partial charge < -0.3 is 14.8 Å². The van der Waals surface area contributed by atoms with Gasteiger partial charge in [-0.25, -0.2) is 9.97 Å². The predicted molar refractivity (Wildman–Crippen MR) is 130 cm³/mol. The molecule has 10 heteroatoms. The highest BCUT2D eigenvalue weighted by molar-refractivity contribution is 7.09. The molecule has 1 aliphatic carbocycles. The minimum Gasteiger partial charge on any atom is -0.344 e. The third kappa shape index (κ3) is 4.49. The van der Waals surface area contributed by atoms with Gasteiger partial charge in [-0.1, -0.05) is 0 Å². The highest BCUT2D eigenvalue weighted by Crippen LogP contribution is 2.33. The van der Waals surface area contributed by atoms with E-state index in [2.05, 4.69) is 15.3 Å². The van der Waals surface area contributed by atoms with Crippen LogP contribution in [0, 0.1) is 5.92 Å². The van der Waals surface area contributed by atoms with Crippen LogP contribution in [-0.2, 0) is 26.1 Å². The lowest BCUT2D eigenvalue weighted by molar-refractivity contribution is 0.0730. The minimum atomic E-state index is -0.218. The van der Waals surface area contributed by atoms with E-state index in [0.717, 1.165) is 28.5 Å². The molecule has 35 heavy (non-hydrogen) atoms. The van der Waals surface area contributed by atoms with Crippen molar-refractivity contribution >= 4 is 23.2 Å². The molecule has 4 aromatic rings. The van der Waals surface area contributed by atoms with Crippen molar-refractivity contribution in [3.63, 3.8) is 0 Å². The van der Waals surface area contributed by atoms with Crippen molar-refractivity contribution in [3.8, 4) is 5.69 Å². The van der Waals surface area contributed by atoms with Crippen molar-refractivity contribution in [1.82, 2.24) is 34.5 Å². The fraction of sp³-hybridized carbons (Fsp3) is 0.320. The Labute approximate surface area is 206 Å². The smallest absolute Gasteiger partial charge is 0.272 e. The molecule has 0 bridgehead atoms. The summed E-state index contributed by atoms with van der Waals surface area (Å²) in [5.41, 5.74) is 3.93. The predicted octanol–water partition coefficient (Wildman–Crippen LogP) is 3.06. The SMILES string of the molecule is O=C(NCc1nccs1)c1nn(CC2CC2)c2c1CN(C(=O)c1ccc(-n3ccnc3)cc1)CC2. The maximum atomic E-state index is 13.3. The molecule has 0 unspecified atom stereocenters. The molecule has 2 aliphatic rings. The fourth-order valence-corrected chi connectivity index (χ4v) is 5.05. The third-order valence-corrected chi connectivity index (χ3v) is 7.34. The van der Waals surface area contributed by atoms with Gasteiger partial charge in [0.2, 0.25) is 0 Å². The van der Waals surface area contributed by atoms with Crippen LogP contribution in [-0.4, -0.2) is 47.6 Å². The number of hydrogen-bond donors (Lipinski definition) is 1. The number of imidazole rings is 1. The number of rotatable bonds is 7. The lowest BCUT2D eigenvalue weighted by Gasteiger charge is -2.28. The molecule has 2 amide bonds. The molecular weight excluding hydrogens is 462 g/mol. The van der Waals surface area contributed by atoms with Crippen LogP contribution in [0.2, 0.25) is 0 Å². The monoisotopic (exact) mass is 487 g/mol. The summed E-state index contributed by atoms with van der Waals surface area (Å²) in [4.78, 5) is 36.6. The van der Waals surface area contributed by atoms with Crippen LogP contribution in [0.3, 0.4) is 0 Å². The topological polar surface area (TPSA) is 97.9 Å². The van der Waals surface area contributed by atoms with E-state index in [0.29, 0.717) is 43.2 Å². The Kier molecular flexibility index (Phi) is 5.65. The zero-order valence-corrected chi connectivity index (χ0v) is 19.9. The Bertz CT molecular complexity index is 1340. The molecular formula is C25H25N7O2S. The van der Waals surface area contributed by atoms with E-state index >= 15 is 0 Å². The molecule has 1 N–H and O–H groups in total. The van der Waals surface area contributed by atoms with Crippen molar-refractivity contribution in [2.24, 2.45) is 5.92 Å². The Morgan fingerprint density at radius 3 is 2.71 bits per heavy atom. The number of amides is 2. The minimum absolute atomic E-state index is 0.0445. The zero-order valence-electron chi connectivity index (χ0n) is 19.1. The Morgan fingerprint density at radius 1 is 1.14 bits per heavy atom. The first-order chi connectivity index (χ1) is 17.2. The summed E-state index contributed by atoms with van der Waals surface area (Å²) in [6, 6.07) is 7.50. The van der Waals surface area contributed by atoms with Crippen molar-refractivity contribution in [2.75, 3.05) is 6.54 Å². The van der Waals surface area contributed by atoms with Crippen LogP contribution in [0.4, 0.5) is 0 Å². The average Bonchev–Trinajstić information content (AvgIpc) is 3.27. The normalized spacial score (nSPS) is 15.1. The number of nitrogens with zero attached hydrogens (tertiary/aromatic N) is 6. The molecule has 1 saturated carbocycles. The molecule has 0 saturated heterocycles. The number of nitrogens with one attached hydrogen (secondary N) is 1. The summed E-state index contributed by atoms with van der Waals surface area (Å²) < 4.78 is 3.90. The van der Waals surface area contributed by atoms with E-state index in [1.807, 2.05) is 50.0 Å². The van der Waals surface area contributed by atoms with Crippen molar-refractivity contribution < 1.29 is 9.59 Å². The highest BCUT2D eigenvalue weighted by Gasteiger charge is 2.32. The van der Waals surface area contributed by atoms with Gasteiger partial charge in [-0.05, 0) is 43.0 Å². The third-order valence-electron chi connectivity index (χ3n) is 6.56. The number of carbonyl (C=O) groups excluding carboxylic acids is 2. The second-order valence-electron chi connectivity index (χ2n) is 9.00. The molecule has 178 valence electrons. The van der Waals surface area contributed by atoms with E-state index in [4.69, 9.17) is 5.10 Å². The molecule has 9 nitrogen and oxygen atoms in total. The van der Waals surface area contributed by atoms with E-state index < -0.39 is 0 Å². The Balaban J connectivity index is 1.22. The highest BCUT2D eigenvalue weighted by atomic mass is 32.1. The quantitative estimate of drug-likeness (QED) is 0.432. The van der Waals surface area contributed by atoms with Crippen LogP contribution in [0.15, 0.2) is 54.6 Å². The lowest BCUT2D eigenvalue weighted by atomic mass is 10.0. The maximum absolute atomic E-state index is 13.3. The standard InChI is InChI=1S/C25H25N7O2S/c33-24(28-13-22-27-9-12-35-22)23-20-15-30(10-7-21(20)32(29-23)14-17-1-2-17)25(34)18-3-5-19(6-4-18)31-11-8-26-16-31/h3-6,8-9,11-12,16-17H,1-2,7,10,13-15H2,(H,28,33). The van der Waals surface area contributed by atoms with Gasteiger partial charge in [0, 0.05) is 66.0 Å². The largest absolute Gasteiger partial charge is 0.344 e. The first-order valence-corrected chi connectivity index (χ1v) is 12.7. The van der Waals surface area contributed by atoms with Gasteiger partial charge in [0.25, 0.3) is 11.8 Å². The van der Waals surface area contributed by atoms with Crippen molar-refractivity contribution in [2.45, 2.75) is 38.9 Å². The summed E-state index contributed by atoms with van der Waals surface area (Å²) in [5.74, 6) is 0.376. The lowest BCUT2D eigenvalue weighted by Crippen LogP contribution is -2.37. The molecule has 1 fully saturated rings. The Hall–Kier alpha value is -3.79. The van der Waals surface area contributed by atoms with Crippen molar-refractivity contribution in [3.05, 3.63) is 82.1 Å². The van der Waals surface area contributed by atoms with Gasteiger partial charge in [0.15, 0.2) is 5.69 Å². The van der Waals surface area contributed by atoms with Crippen LogP contribution in [0.25, 0.3) is 5.69 Å². The zero-order chi connectivity index (χ0) is 23.8. The van der Waals surface area contributed by atoms with E-state index in [-0.39, 0.29) is 11.8 Å². The summed E-state index contributed by atoms with van der Waals surface area (Å²) >= 11 is 1.50. The van der Waals surface area contributed by atoms with E-state index in [9.17, 15) is 9.59 Å². The van der Waals surface area contributed by atoms with Crippen LogP contribution in [0.5, 0.6) is 0 Å². The number of thiazole rings is 1. The van der Waals surface area contributed by atoms with Crippen LogP contribution in [0.1, 0.15) is 50.0 Å². The second-order valence-corrected chi connectivity index (χ2v) is 9.98. The first kappa shape index (κ1) is 21.7. The van der Waals surface area contributed by atoms with Crippen LogP contribution >= 0.6 is 11.3 Å². The van der Waals surface area contributed by atoms with Gasteiger partial charge in [-0.2, -0.15) is 5.10 Å². The summed E-state index contributed by atoms with van der Waals surface area (Å²) in [7, 11) is 0. The molecule has 1 aromatic carbocycles. The summed E-state index contributed by atoms with van der Waals surface area (Å²) in [6.45, 7) is 2.19. The van der Waals surface area contributed by atoms with Gasteiger partial charge in [0.1, 0.15) is 5.01 Å². The molecule has 1 aliphatic heterocycles. The van der Waals surface area contributed by atoms with Crippen molar-refractivity contribution in [1.29, 1.82) is 0 Å².